The molecule has 0 aliphatic rings. The summed E-state index contributed by atoms with van der Waals surface area (Å²) in [5.41, 5.74) is 0.670. The number of methoxy groups -OCH3 is 1. The molecule has 0 unspecified atom stereocenters. The molecule has 11 heteroatoms. The number of nitrogens with one attached hydrogen (secondary N) is 1. The molecular formula is C26H27ClFN3O5S. The predicted molar refractivity (Wildman–Crippen MR) is 139 cm³/mol. The highest BCUT2D eigenvalue weighted by atomic mass is 35.5. The van der Waals surface area contributed by atoms with Crippen LogP contribution >= 0.6 is 11.6 Å². The van der Waals surface area contributed by atoms with Crippen molar-refractivity contribution in [3.8, 4) is 5.75 Å². The largest absolute Gasteiger partial charge is 0.497 e. The fourth-order valence-electron chi connectivity index (χ4n) is 3.65. The number of anilines is 1. The number of halogens is 2. The van der Waals surface area contributed by atoms with Crippen molar-refractivity contribution >= 4 is 39.1 Å². The molecule has 8 nitrogen and oxygen atoms in total. The van der Waals surface area contributed by atoms with Gasteiger partial charge in [-0.05, 0) is 55.0 Å². The van der Waals surface area contributed by atoms with Gasteiger partial charge in [0.2, 0.25) is 11.8 Å². The molecule has 3 aromatic carbocycles. The SMILES string of the molecule is CNC(=O)[C@H](C)N(Cc1cccc(OC)c1)C(=O)CN(c1ccc(F)c(Cl)c1)S(=O)(=O)c1ccccc1. The number of carbonyl (C=O) groups excluding carboxylic acids is 2. The van der Waals surface area contributed by atoms with Crippen LogP contribution in [-0.4, -0.2) is 51.9 Å². The van der Waals surface area contributed by atoms with Crippen LogP contribution in [0.15, 0.2) is 77.7 Å². The summed E-state index contributed by atoms with van der Waals surface area (Å²) in [6.07, 6.45) is 0. The van der Waals surface area contributed by atoms with Gasteiger partial charge in [-0.15, -0.1) is 0 Å². The number of benzene rings is 3. The average molecular weight is 548 g/mol. The third-order valence-electron chi connectivity index (χ3n) is 5.70. The lowest BCUT2D eigenvalue weighted by atomic mass is 10.1. The number of ether oxygens (including phenoxy) is 1. The van der Waals surface area contributed by atoms with Gasteiger partial charge in [0.15, 0.2) is 0 Å². The summed E-state index contributed by atoms with van der Waals surface area (Å²) in [5.74, 6) is -1.26. The summed E-state index contributed by atoms with van der Waals surface area (Å²) in [6, 6.07) is 17.0. The third-order valence-corrected chi connectivity index (χ3v) is 7.78. The highest BCUT2D eigenvalue weighted by Crippen LogP contribution is 2.28. The summed E-state index contributed by atoms with van der Waals surface area (Å²) in [5, 5.41) is 2.21. The zero-order valence-corrected chi connectivity index (χ0v) is 22.1. The minimum absolute atomic E-state index is 0.00229. The topological polar surface area (TPSA) is 96.0 Å². The third kappa shape index (κ3) is 6.58. The number of amides is 2. The Bertz CT molecular complexity index is 1370. The molecule has 1 N–H and O–H groups in total. The molecule has 0 saturated carbocycles. The second kappa shape index (κ2) is 12.1. The van der Waals surface area contributed by atoms with Gasteiger partial charge in [0.25, 0.3) is 10.0 Å². The van der Waals surface area contributed by atoms with Crippen molar-refractivity contribution in [2.45, 2.75) is 24.4 Å². The zero-order valence-electron chi connectivity index (χ0n) is 20.5. The van der Waals surface area contributed by atoms with E-state index >= 15 is 0 Å². The standard InChI is InChI=1S/C26H27ClFN3O5S/c1-18(26(33)29-2)30(16-19-8-7-9-21(14-19)36-3)25(32)17-31(20-12-13-24(28)23(27)15-20)37(34,35)22-10-5-4-6-11-22/h4-15,18H,16-17H2,1-3H3,(H,29,33)/t18-/m0/s1. The number of carbonyl (C=O) groups is 2. The first-order valence-electron chi connectivity index (χ1n) is 11.2. The lowest BCUT2D eigenvalue weighted by Crippen LogP contribution is -2.50. The Morgan fingerprint density at radius 2 is 1.76 bits per heavy atom. The van der Waals surface area contributed by atoms with Crippen LogP contribution in [0.5, 0.6) is 5.75 Å². The van der Waals surface area contributed by atoms with E-state index < -0.39 is 40.2 Å². The van der Waals surface area contributed by atoms with Crippen molar-refractivity contribution in [2.24, 2.45) is 0 Å². The van der Waals surface area contributed by atoms with Crippen LogP contribution in [0.4, 0.5) is 10.1 Å². The molecule has 2 amide bonds. The van der Waals surface area contributed by atoms with Crippen molar-refractivity contribution in [1.29, 1.82) is 0 Å². The van der Waals surface area contributed by atoms with E-state index in [9.17, 15) is 22.4 Å². The molecule has 0 saturated heterocycles. The minimum Gasteiger partial charge on any atom is -0.497 e. The Morgan fingerprint density at radius 1 is 1.05 bits per heavy atom. The van der Waals surface area contributed by atoms with E-state index in [-0.39, 0.29) is 22.2 Å². The number of rotatable bonds is 10. The Hall–Kier alpha value is -3.63. The number of sulfonamides is 1. The molecule has 0 radical (unpaired) electrons. The van der Waals surface area contributed by atoms with Gasteiger partial charge in [0.05, 0.1) is 22.7 Å². The maximum atomic E-state index is 13.9. The van der Waals surface area contributed by atoms with E-state index in [1.54, 1.807) is 49.4 Å². The van der Waals surface area contributed by atoms with Crippen molar-refractivity contribution in [3.05, 3.63) is 89.2 Å². The number of hydrogen-bond acceptors (Lipinski definition) is 5. The molecule has 1 atom stereocenters. The fourth-order valence-corrected chi connectivity index (χ4v) is 5.25. The van der Waals surface area contributed by atoms with Gasteiger partial charge in [0, 0.05) is 13.6 Å². The van der Waals surface area contributed by atoms with Gasteiger partial charge < -0.3 is 15.0 Å². The minimum atomic E-state index is -4.26. The summed E-state index contributed by atoms with van der Waals surface area (Å²) in [7, 11) is -1.31. The monoisotopic (exact) mass is 547 g/mol. The smallest absolute Gasteiger partial charge is 0.264 e. The molecule has 196 valence electrons. The lowest BCUT2D eigenvalue weighted by Gasteiger charge is -2.32. The molecule has 0 fully saturated rings. The molecule has 0 aliphatic heterocycles. The maximum Gasteiger partial charge on any atom is 0.264 e. The normalized spacial score (nSPS) is 11.9. The summed E-state index contributed by atoms with van der Waals surface area (Å²) < 4.78 is 47.2. The second-order valence-electron chi connectivity index (χ2n) is 8.09. The van der Waals surface area contributed by atoms with Gasteiger partial charge in [-0.2, -0.15) is 0 Å². The quantitative estimate of drug-likeness (QED) is 0.416. The van der Waals surface area contributed by atoms with Gasteiger partial charge in [0.1, 0.15) is 24.2 Å². The first kappa shape index (κ1) is 27.9. The Balaban J connectivity index is 2.05. The van der Waals surface area contributed by atoms with Gasteiger partial charge >= 0.3 is 0 Å². The van der Waals surface area contributed by atoms with Crippen LogP contribution in [0, 0.1) is 5.82 Å². The van der Waals surface area contributed by atoms with Crippen molar-refractivity contribution < 1.29 is 27.1 Å². The molecule has 0 aliphatic carbocycles. The van der Waals surface area contributed by atoms with Crippen LogP contribution in [0.3, 0.4) is 0 Å². The second-order valence-corrected chi connectivity index (χ2v) is 10.4. The highest BCUT2D eigenvalue weighted by molar-refractivity contribution is 7.92. The Labute approximate surface area is 220 Å². The molecular weight excluding hydrogens is 521 g/mol. The summed E-state index contributed by atoms with van der Waals surface area (Å²) >= 11 is 5.94. The first-order chi connectivity index (χ1) is 17.6. The van der Waals surface area contributed by atoms with Crippen LogP contribution in [0.2, 0.25) is 5.02 Å². The van der Waals surface area contributed by atoms with Crippen molar-refractivity contribution in [1.82, 2.24) is 10.2 Å². The highest BCUT2D eigenvalue weighted by Gasteiger charge is 2.32. The van der Waals surface area contributed by atoms with Crippen LogP contribution in [0.1, 0.15) is 12.5 Å². The Kier molecular flexibility index (Phi) is 9.12. The van der Waals surface area contributed by atoms with E-state index in [1.807, 2.05) is 0 Å². The molecule has 37 heavy (non-hydrogen) atoms. The predicted octanol–water partition coefficient (Wildman–Crippen LogP) is 3.85. The molecule has 3 rings (SSSR count). The maximum absolute atomic E-state index is 13.9. The summed E-state index contributed by atoms with van der Waals surface area (Å²) in [6.45, 7) is 0.889. The van der Waals surface area contributed by atoms with E-state index in [4.69, 9.17) is 16.3 Å². The van der Waals surface area contributed by atoms with Crippen molar-refractivity contribution in [3.63, 3.8) is 0 Å². The summed E-state index contributed by atoms with van der Waals surface area (Å²) in [4.78, 5) is 27.4. The molecule has 0 aromatic heterocycles. The van der Waals surface area contributed by atoms with Crippen molar-refractivity contribution in [2.75, 3.05) is 25.0 Å². The van der Waals surface area contributed by atoms with Gasteiger partial charge in [-0.3, -0.25) is 13.9 Å². The molecule has 0 spiro atoms. The van der Waals surface area contributed by atoms with E-state index in [1.165, 1.54) is 37.3 Å². The number of hydrogen-bond donors (Lipinski definition) is 1. The van der Waals surface area contributed by atoms with Gasteiger partial charge in [-0.25, -0.2) is 12.8 Å². The molecule has 0 bridgehead atoms. The van der Waals surface area contributed by atoms with E-state index in [0.29, 0.717) is 11.3 Å². The van der Waals surface area contributed by atoms with Crippen LogP contribution in [0.25, 0.3) is 0 Å². The molecule has 0 heterocycles. The number of likely N-dealkylation sites (N-methyl/N-ethyl adjacent to an activating group) is 1. The van der Waals surface area contributed by atoms with E-state index in [0.717, 1.165) is 16.4 Å². The number of nitrogens with zero attached hydrogens (tertiary/aromatic N) is 2. The van der Waals surface area contributed by atoms with Crippen LogP contribution < -0.4 is 14.4 Å². The Morgan fingerprint density at radius 3 is 2.38 bits per heavy atom. The fraction of sp³-hybridized carbons (Fsp3) is 0.231. The van der Waals surface area contributed by atoms with E-state index in [2.05, 4.69) is 5.32 Å². The first-order valence-corrected chi connectivity index (χ1v) is 13.1. The van der Waals surface area contributed by atoms with Crippen LogP contribution in [-0.2, 0) is 26.2 Å². The lowest BCUT2D eigenvalue weighted by molar-refractivity contribution is -0.139. The van der Waals surface area contributed by atoms with Gasteiger partial charge in [-0.1, -0.05) is 41.9 Å². The average Bonchev–Trinajstić information content (AvgIpc) is 2.91. The molecule has 3 aromatic rings. The zero-order chi connectivity index (χ0) is 27.2.